The van der Waals surface area contributed by atoms with Gasteiger partial charge in [-0.05, 0) is 43.0 Å². The van der Waals surface area contributed by atoms with E-state index >= 15 is 0 Å². The number of hydrogen-bond acceptors (Lipinski definition) is 3. The molecule has 1 amide bonds. The molecule has 0 fully saturated rings. The van der Waals surface area contributed by atoms with Gasteiger partial charge in [0.25, 0.3) is 0 Å². The van der Waals surface area contributed by atoms with Crippen LogP contribution in [-0.2, 0) is 17.8 Å². The number of rotatable bonds is 7. The third kappa shape index (κ3) is 5.27. The molecule has 0 saturated carbocycles. The second kappa shape index (κ2) is 9.29. The number of carbonyl (C=O) groups is 1. The molecule has 144 valence electrons. The first-order chi connectivity index (χ1) is 13.5. The van der Waals surface area contributed by atoms with Gasteiger partial charge in [-0.25, -0.2) is 0 Å². The van der Waals surface area contributed by atoms with E-state index in [1.165, 1.54) is 16.7 Å². The van der Waals surface area contributed by atoms with E-state index in [0.717, 1.165) is 28.9 Å². The van der Waals surface area contributed by atoms with Gasteiger partial charge in [0.1, 0.15) is 0 Å². The molecule has 0 unspecified atom stereocenters. The number of carbonyl (C=O) groups excluding carboxylic acids is 1. The first-order valence-corrected chi connectivity index (χ1v) is 9.67. The number of hydrogen-bond donors (Lipinski definition) is 2. The van der Waals surface area contributed by atoms with Crippen LogP contribution in [0.4, 0.5) is 5.69 Å². The molecule has 28 heavy (non-hydrogen) atoms. The first-order valence-electron chi connectivity index (χ1n) is 9.67. The fourth-order valence-corrected chi connectivity index (χ4v) is 3.13. The van der Waals surface area contributed by atoms with Crippen molar-refractivity contribution >= 4 is 11.6 Å². The Bertz CT molecular complexity index is 966. The third-order valence-electron chi connectivity index (χ3n) is 4.73. The molecule has 3 aromatic rings. The highest BCUT2D eigenvalue weighted by molar-refractivity contribution is 5.93. The molecule has 0 radical (unpaired) electrons. The molecule has 2 N–H and O–H groups in total. The topological polar surface area (TPSA) is 54.0 Å². The molecule has 0 aliphatic heterocycles. The van der Waals surface area contributed by atoms with Crippen molar-refractivity contribution in [1.82, 2.24) is 10.3 Å². The van der Waals surface area contributed by atoms with Crippen LogP contribution in [0.5, 0.6) is 0 Å². The Morgan fingerprint density at radius 2 is 1.75 bits per heavy atom. The van der Waals surface area contributed by atoms with Crippen molar-refractivity contribution in [1.29, 1.82) is 0 Å². The summed E-state index contributed by atoms with van der Waals surface area (Å²) >= 11 is 0. The molecule has 3 rings (SSSR count). The van der Waals surface area contributed by atoms with Crippen LogP contribution >= 0.6 is 0 Å². The quantitative estimate of drug-likeness (QED) is 0.633. The summed E-state index contributed by atoms with van der Waals surface area (Å²) in [6, 6.07) is 18.7. The van der Waals surface area contributed by atoms with Crippen molar-refractivity contribution in [3.8, 4) is 11.1 Å². The van der Waals surface area contributed by atoms with E-state index in [0.29, 0.717) is 6.54 Å². The van der Waals surface area contributed by atoms with E-state index in [-0.39, 0.29) is 12.5 Å². The summed E-state index contributed by atoms with van der Waals surface area (Å²) in [4.78, 5) is 16.8. The molecule has 4 nitrogen and oxygen atoms in total. The van der Waals surface area contributed by atoms with Crippen LogP contribution in [0.3, 0.4) is 0 Å². The number of nitrogens with one attached hydrogen (secondary N) is 2. The average molecular weight is 374 g/mol. The SMILES string of the molecule is CCc1cccc(-c2cnc(C)c(NC(=O)CNCc3cccc(C)c3)c2)c1. The smallest absolute Gasteiger partial charge is 0.238 e. The van der Waals surface area contributed by atoms with Gasteiger partial charge in [-0.15, -0.1) is 0 Å². The summed E-state index contributed by atoms with van der Waals surface area (Å²) in [5.41, 5.74) is 7.34. The van der Waals surface area contributed by atoms with E-state index in [1.54, 1.807) is 0 Å². The standard InChI is InChI=1S/C24H27N3O/c1-4-19-8-6-10-21(12-19)22-13-23(18(3)26-15-22)27-24(28)16-25-14-20-9-5-7-17(2)11-20/h5-13,15,25H,4,14,16H2,1-3H3,(H,27,28). The van der Waals surface area contributed by atoms with Gasteiger partial charge in [0.2, 0.25) is 5.91 Å². The highest BCUT2D eigenvalue weighted by Gasteiger charge is 2.08. The molecule has 0 aliphatic carbocycles. The van der Waals surface area contributed by atoms with Crippen LogP contribution in [0.15, 0.2) is 60.8 Å². The van der Waals surface area contributed by atoms with Gasteiger partial charge < -0.3 is 10.6 Å². The molecule has 0 saturated heterocycles. The normalized spacial score (nSPS) is 10.7. The Morgan fingerprint density at radius 1 is 0.964 bits per heavy atom. The largest absolute Gasteiger partial charge is 0.323 e. The molecule has 4 heteroatoms. The van der Waals surface area contributed by atoms with Gasteiger partial charge in [-0.3, -0.25) is 9.78 Å². The monoisotopic (exact) mass is 373 g/mol. The molecule has 0 bridgehead atoms. The lowest BCUT2D eigenvalue weighted by Gasteiger charge is -2.11. The van der Waals surface area contributed by atoms with Crippen LogP contribution in [0.2, 0.25) is 0 Å². The van der Waals surface area contributed by atoms with Crippen LogP contribution < -0.4 is 10.6 Å². The highest BCUT2D eigenvalue weighted by atomic mass is 16.1. The van der Waals surface area contributed by atoms with Crippen molar-refractivity contribution in [3.63, 3.8) is 0 Å². The fraction of sp³-hybridized carbons (Fsp3) is 0.250. The van der Waals surface area contributed by atoms with Gasteiger partial charge in [0.05, 0.1) is 17.9 Å². The molecule has 2 aromatic carbocycles. The molecule has 0 spiro atoms. The Morgan fingerprint density at radius 3 is 2.54 bits per heavy atom. The lowest BCUT2D eigenvalue weighted by Crippen LogP contribution is -2.28. The molecular formula is C24H27N3O. The van der Waals surface area contributed by atoms with Crippen LogP contribution in [0.25, 0.3) is 11.1 Å². The van der Waals surface area contributed by atoms with Gasteiger partial charge >= 0.3 is 0 Å². The maximum atomic E-state index is 12.4. The Kier molecular flexibility index (Phi) is 6.56. The Balaban J connectivity index is 1.63. The Labute approximate surface area is 167 Å². The second-order valence-corrected chi connectivity index (χ2v) is 7.05. The summed E-state index contributed by atoms with van der Waals surface area (Å²) in [6.45, 7) is 7.03. The molecule has 0 atom stereocenters. The summed E-state index contributed by atoms with van der Waals surface area (Å²) in [5.74, 6) is -0.0722. The third-order valence-corrected chi connectivity index (χ3v) is 4.73. The number of benzene rings is 2. The van der Waals surface area contributed by atoms with E-state index in [1.807, 2.05) is 25.3 Å². The minimum Gasteiger partial charge on any atom is -0.323 e. The van der Waals surface area contributed by atoms with Crippen molar-refractivity contribution in [2.75, 3.05) is 11.9 Å². The molecular weight excluding hydrogens is 346 g/mol. The number of aryl methyl sites for hydroxylation is 3. The van der Waals surface area contributed by atoms with E-state index in [2.05, 4.69) is 71.9 Å². The number of anilines is 1. The zero-order valence-electron chi connectivity index (χ0n) is 16.8. The van der Waals surface area contributed by atoms with Gasteiger partial charge in [-0.2, -0.15) is 0 Å². The fourth-order valence-electron chi connectivity index (χ4n) is 3.13. The predicted molar refractivity (Wildman–Crippen MR) is 115 cm³/mol. The van der Waals surface area contributed by atoms with Gasteiger partial charge in [0.15, 0.2) is 0 Å². The minimum absolute atomic E-state index is 0.0722. The summed E-state index contributed by atoms with van der Waals surface area (Å²) < 4.78 is 0. The zero-order valence-corrected chi connectivity index (χ0v) is 16.8. The van der Waals surface area contributed by atoms with E-state index in [4.69, 9.17) is 0 Å². The lowest BCUT2D eigenvalue weighted by molar-refractivity contribution is -0.115. The maximum absolute atomic E-state index is 12.4. The van der Waals surface area contributed by atoms with Crippen molar-refractivity contribution in [2.24, 2.45) is 0 Å². The van der Waals surface area contributed by atoms with Crippen molar-refractivity contribution in [2.45, 2.75) is 33.7 Å². The summed E-state index contributed by atoms with van der Waals surface area (Å²) in [5, 5.41) is 6.18. The first kappa shape index (κ1) is 19.8. The van der Waals surface area contributed by atoms with Gasteiger partial charge in [0, 0.05) is 18.3 Å². The van der Waals surface area contributed by atoms with Crippen molar-refractivity contribution < 1.29 is 4.79 Å². The second-order valence-electron chi connectivity index (χ2n) is 7.05. The average Bonchev–Trinajstić information content (AvgIpc) is 2.70. The molecule has 0 aliphatic rings. The Hall–Kier alpha value is -2.98. The predicted octanol–water partition coefficient (Wildman–Crippen LogP) is 4.66. The number of aromatic nitrogens is 1. The zero-order chi connectivity index (χ0) is 19.9. The molecule has 1 aromatic heterocycles. The highest BCUT2D eigenvalue weighted by Crippen LogP contribution is 2.24. The van der Waals surface area contributed by atoms with Crippen molar-refractivity contribution in [3.05, 3.63) is 83.2 Å². The van der Waals surface area contributed by atoms with E-state index < -0.39 is 0 Å². The minimum atomic E-state index is -0.0722. The maximum Gasteiger partial charge on any atom is 0.238 e. The number of amides is 1. The summed E-state index contributed by atoms with van der Waals surface area (Å²) in [6.07, 6.45) is 2.85. The summed E-state index contributed by atoms with van der Waals surface area (Å²) in [7, 11) is 0. The molecule has 1 heterocycles. The van der Waals surface area contributed by atoms with Crippen LogP contribution in [0.1, 0.15) is 29.3 Å². The lowest BCUT2D eigenvalue weighted by atomic mass is 10.0. The number of pyridine rings is 1. The van der Waals surface area contributed by atoms with Crippen LogP contribution in [0, 0.1) is 13.8 Å². The van der Waals surface area contributed by atoms with Crippen LogP contribution in [-0.4, -0.2) is 17.4 Å². The number of nitrogens with zero attached hydrogens (tertiary/aromatic N) is 1. The van der Waals surface area contributed by atoms with E-state index in [9.17, 15) is 4.79 Å². The van der Waals surface area contributed by atoms with Gasteiger partial charge in [-0.1, -0.05) is 61.0 Å².